The number of benzene rings is 2. The topological polar surface area (TPSA) is 164 Å². The molecule has 2 aromatic carbocycles. The molecule has 0 bridgehead atoms. The minimum atomic E-state index is -1.77. The smallest absolute Gasteiger partial charge is 0.325 e. The molecule has 3 aliphatic rings. The van der Waals surface area contributed by atoms with Gasteiger partial charge in [0.1, 0.15) is 12.4 Å². The van der Waals surface area contributed by atoms with Crippen LogP contribution in [0.2, 0.25) is 0 Å². The van der Waals surface area contributed by atoms with Crippen LogP contribution in [-0.4, -0.2) is 73.6 Å². The van der Waals surface area contributed by atoms with Crippen molar-refractivity contribution in [2.75, 3.05) is 41.9 Å². The molecule has 0 aromatic heterocycles. The van der Waals surface area contributed by atoms with Crippen LogP contribution in [0.5, 0.6) is 0 Å². The molecule has 2 unspecified atom stereocenters. The van der Waals surface area contributed by atoms with E-state index in [-0.39, 0.29) is 32.0 Å². The number of rotatable bonds is 6. The number of hydrogen-bond acceptors (Lipinski definition) is 9. The number of amides is 3. The van der Waals surface area contributed by atoms with Crippen LogP contribution in [0.25, 0.3) is 0 Å². The van der Waals surface area contributed by atoms with E-state index in [2.05, 4.69) is 10.3 Å². The van der Waals surface area contributed by atoms with Crippen LogP contribution in [0.3, 0.4) is 0 Å². The van der Waals surface area contributed by atoms with Gasteiger partial charge in [-0.25, -0.2) is 0 Å². The Bertz CT molecular complexity index is 1360. The Kier molecular flexibility index (Phi) is 6.83. The lowest BCUT2D eigenvalue weighted by Crippen LogP contribution is -2.55. The average molecular weight is 522 g/mol. The summed E-state index contributed by atoms with van der Waals surface area (Å²) in [6.45, 7) is 0.416. The number of ether oxygens (including phenoxy) is 2. The number of carbonyl (C=O) groups excluding carboxylic acids is 4. The number of nitrogens with two attached hydrogens (primary N) is 1. The van der Waals surface area contributed by atoms with Gasteiger partial charge in [-0.15, -0.1) is 0 Å². The fraction of sp³-hybridized carbons (Fsp3) is 0.346. The maximum atomic E-state index is 13.3. The van der Waals surface area contributed by atoms with Crippen molar-refractivity contribution < 1.29 is 33.8 Å². The van der Waals surface area contributed by atoms with Crippen LogP contribution in [-0.2, 0) is 41.6 Å². The third kappa shape index (κ3) is 4.71. The molecule has 12 heteroatoms. The van der Waals surface area contributed by atoms with Crippen LogP contribution in [0.1, 0.15) is 23.1 Å². The zero-order chi connectivity index (χ0) is 27.0. The molecule has 5 rings (SSSR count). The summed E-state index contributed by atoms with van der Waals surface area (Å²) in [5.74, 6) is -1.75. The van der Waals surface area contributed by atoms with Crippen LogP contribution in [0.15, 0.2) is 41.4 Å². The van der Waals surface area contributed by atoms with E-state index in [1.165, 1.54) is 16.9 Å². The number of aliphatic imine (C=N–C) groups is 1. The molecular weight excluding hydrogens is 494 g/mol. The number of nitrogens with zero attached hydrogens (tertiary/aromatic N) is 3. The fourth-order valence-electron chi connectivity index (χ4n) is 4.81. The monoisotopic (exact) mass is 521 g/mol. The summed E-state index contributed by atoms with van der Waals surface area (Å²) in [6, 6.07) is 10.3. The molecule has 0 radical (unpaired) electrons. The van der Waals surface area contributed by atoms with E-state index < -0.39 is 30.0 Å². The first-order chi connectivity index (χ1) is 18.3. The van der Waals surface area contributed by atoms with Crippen LogP contribution < -0.4 is 20.9 Å². The Morgan fingerprint density at radius 3 is 2.82 bits per heavy atom. The summed E-state index contributed by atoms with van der Waals surface area (Å²) in [5.41, 5.74) is 9.72. The third-order valence-corrected chi connectivity index (χ3v) is 6.84. The Labute approximate surface area is 218 Å². The first kappa shape index (κ1) is 25.4. The highest BCUT2D eigenvalue weighted by atomic mass is 16.5. The second-order valence-corrected chi connectivity index (χ2v) is 9.16. The van der Waals surface area contributed by atoms with Gasteiger partial charge in [0, 0.05) is 35.6 Å². The largest absolute Gasteiger partial charge is 0.468 e. The lowest BCUT2D eigenvalue weighted by atomic mass is 9.99. The van der Waals surface area contributed by atoms with Gasteiger partial charge in [-0.2, -0.15) is 0 Å². The molecule has 12 nitrogen and oxygen atoms in total. The van der Waals surface area contributed by atoms with Crippen molar-refractivity contribution in [3.63, 3.8) is 0 Å². The fourth-order valence-corrected chi connectivity index (χ4v) is 4.81. The molecule has 0 saturated carbocycles. The van der Waals surface area contributed by atoms with E-state index in [1.54, 1.807) is 36.4 Å². The van der Waals surface area contributed by atoms with E-state index in [0.717, 1.165) is 16.7 Å². The van der Waals surface area contributed by atoms with E-state index >= 15 is 0 Å². The van der Waals surface area contributed by atoms with Crippen LogP contribution >= 0.6 is 0 Å². The van der Waals surface area contributed by atoms with E-state index in [9.17, 15) is 24.3 Å². The number of hydrogen-bond donors (Lipinski definition) is 3. The Morgan fingerprint density at radius 2 is 2.03 bits per heavy atom. The number of fused-ring (bicyclic) bond motifs is 2. The third-order valence-electron chi connectivity index (χ3n) is 6.84. The summed E-state index contributed by atoms with van der Waals surface area (Å²) in [7, 11) is 1.25. The summed E-state index contributed by atoms with van der Waals surface area (Å²) in [5, 5.41) is 13.4. The van der Waals surface area contributed by atoms with Gasteiger partial charge in [0.15, 0.2) is 12.2 Å². The molecule has 0 spiro atoms. The highest BCUT2D eigenvalue weighted by Gasteiger charge is 2.40. The molecule has 1 fully saturated rings. The van der Waals surface area contributed by atoms with Gasteiger partial charge in [-0.3, -0.25) is 24.2 Å². The van der Waals surface area contributed by atoms with Crippen molar-refractivity contribution >= 4 is 46.6 Å². The van der Waals surface area contributed by atoms with Crippen molar-refractivity contribution in [1.82, 2.24) is 0 Å². The molecule has 38 heavy (non-hydrogen) atoms. The molecular formula is C26H27N5O7. The molecule has 2 atom stereocenters. The minimum absolute atomic E-state index is 0.0814. The number of anilines is 3. The van der Waals surface area contributed by atoms with Crippen molar-refractivity contribution in [3.8, 4) is 0 Å². The lowest BCUT2D eigenvalue weighted by Gasteiger charge is -2.35. The maximum absolute atomic E-state index is 13.3. The average Bonchev–Trinajstić information content (AvgIpc) is 3.29. The maximum Gasteiger partial charge on any atom is 0.325 e. The van der Waals surface area contributed by atoms with Gasteiger partial charge < -0.3 is 35.4 Å². The molecule has 4 N–H and O–H groups in total. The number of aliphatic hydroxyl groups is 1. The second kappa shape index (κ2) is 10.2. The molecule has 1 saturated heterocycles. The summed E-state index contributed by atoms with van der Waals surface area (Å²) < 4.78 is 10.2. The zero-order valence-electron chi connectivity index (χ0n) is 20.7. The quantitative estimate of drug-likeness (QED) is 0.450. The highest BCUT2D eigenvalue weighted by Crippen LogP contribution is 2.33. The number of nitrogens with one attached hydrogen (secondary N) is 1. The van der Waals surface area contributed by atoms with Crippen LogP contribution in [0.4, 0.5) is 17.1 Å². The predicted octanol–water partition coefficient (Wildman–Crippen LogP) is 0.0891. The number of methoxy groups -OCH3 is 1. The van der Waals surface area contributed by atoms with Crippen molar-refractivity contribution in [2.24, 2.45) is 10.7 Å². The molecule has 3 aliphatic heterocycles. The summed E-state index contributed by atoms with van der Waals surface area (Å²) in [4.78, 5) is 57.4. The molecule has 0 aliphatic carbocycles. The van der Waals surface area contributed by atoms with Gasteiger partial charge in [0.05, 0.1) is 20.3 Å². The van der Waals surface area contributed by atoms with Gasteiger partial charge in [-0.05, 0) is 47.9 Å². The standard InChI is InChI=1S/C26H27N5O7/c1-37-21(33)13-31-19-11-17(5-2-14(19)3-7-20(31)32)30-8-9-38-23(26(30)36)22(34)25(35)29-16-4-6-18-15(10-16)12-28-24(18)27/h2,4-6,10-11,22-23,34H,3,7-9,12-13H2,1H3,(H2,27,28)(H,29,35). The number of morpholine rings is 1. The molecule has 3 amide bonds. The van der Waals surface area contributed by atoms with E-state index in [4.69, 9.17) is 15.2 Å². The number of aryl methyl sites for hydroxylation is 1. The number of carbonyl (C=O) groups is 4. The summed E-state index contributed by atoms with van der Waals surface area (Å²) in [6.07, 6.45) is -2.43. The van der Waals surface area contributed by atoms with Gasteiger partial charge >= 0.3 is 5.97 Å². The highest BCUT2D eigenvalue weighted by molar-refractivity contribution is 6.06. The zero-order valence-corrected chi connectivity index (χ0v) is 20.7. The first-order valence-corrected chi connectivity index (χ1v) is 12.1. The lowest BCUT2D eigenvalue weighted by molar-refractivity contribution is -0.150. The number of aliphatic hydroxyl groups excluding tert-OH is 1. The molecule has 2 aromatic rings. The number of amidine groups is 1. The number of esters is 1. The Balaban J connectivity index is 1.32. The molecule has 3 heterocycles. The minimum Gasteiger partial charge on any atom is -0.468 e. The van der Waals surface area contributed by atoms with Gasteiger partial charge in [0.25, 0.3) is 11.8 Å². The van der Waals surface area contributed by atoms with Crippen molar-refractivity contribution in [3.05, 3.63) is 53.1 Å². The van der Waals surface area contributed by atoms with Crippen molar-refractivity contribution in [2.45, 2.75) is 31.6 Å². The second-order valence-electron chi connectivity index (χ2n) is 9.16. The molecule has 198 valence electrons. The summed E-state index contributed by atoms with van der Waals surface area (Å²) >= 11 is 0. The normalized spacial score (nSPS) is 19.4. The first-order valence-electron chi connectivity index (χ1n) is 12.1. The van der Waals surface area contributed by atoms with Crippen molar-refractivity contribution in [1.29, 1.82) is 0 Å². The van der Waals surface area contributed by atoms with Gasteiger partial charge in [0.2, 0.25) is 5.91 Å². The van der Waals surface area contributed by atoms with E-state index in [0.29, 0.717) is 35.9 Å². The van der Waals surface area contributed by atoms with E-state index in [1.807, 2.05) is 0 Å². The Morgan fingerprint density at radius 1 is 1.21 bits per heavy atom. The SMILES string of the molecule is COC(=O)CN1C(=O)CCc2ccc(N3CCOC(C(O)C(=O)Nc4ccc5c(c4)CN=C5N)C3=O)cc21. The predicted molar refractivity (Wildman–Crippen MR) is 137 cm³/mol. The van der Waals surface area contributed by atoms with Crippen LogP contribution in [0, 0.1) is 0 Å². The van der Waals surface area contributed by atoms with Gasteiger partial charge in [-0.1, -0.05) is 6.07 Å². The Hall–Kier alpha value is -4.29.